The first-order chi connectivity index (χ1) is 6.86. The minimum Gasteiger partial charge on any atom is -0.306 e. The van der Waals surface area contributed by atoms with Crippen LogP contribution in [0.5, 0.6) is 0 Å². The van der Waals surface area contributed by atoms with Gasteiger partial charge in [-0.15, -0.1) is 0 Å². The number of nitrogens with one attached hydrogen (secondary N) is 1. The number of halogens is 3. The monoisotopic (exact) mass is 217 g/mol. The molecule has 0 saturated carbocycles. The van der Waals surface area contributed by atoms with E-state index in [1.165, 1.54) is 7.05 Å². The van der Waals surface area contributed by atoms with E-state index in [0.29, 0.717) is 11.1 Å². The lowest BCUT2D eigenvalue weighted by atomic mass is 9.99. The Bertz CT molecular complexity index is 344. The van der Waals surface area contributed by atoms with Gasteiger partial charge in [0.25, 0.3) is 0 Å². The van der Waals surface area contributed by atoms with Crippen LogP contribution in [0, 0.1) is 13.8 Å². The van der Waals surface area contributed by atoms with Gasteiger partial charge < -0.3 is 5.32 Å². The topological polar surface area (TPSA) is 12.0 Å². The summed E-state index contributed by atoms with van der Waals surface area (Å²) in [6.07, 6.45) is -4.26. The Kier molecular flexibility index (Phi) is 3.39. The summed E-state index contributed by atoms with van der Waals surface area (Å²) in [6, 6.07) is 3.50. The van der Waals surface area contributed by atoms with Crippen LogP contribution in [0.25, 0.3) is 0 Å². The summed E-state index contributed by atoms with van der Waals surface area (Å²) < 4.78 is 38.0. The second-order valence-electron chi connectivity index (χ2n) is 3.62. The molecule has 15 heavy (non-hydrogen) atoms. The highest BCUT2D eigenvalue weighted by molar-refractivity contribution is 5.33. The van der Waals surface area contributed by atoms with Crippen molar-refractivity contribution < 1.29 is 13.2 Å². The molecular weight excluding hydrogens is 203 g/mol. The average Bonchev–Trinajstić information content (AvgIpc) is 2.10. The molecule has 0 amide bonds. The molecule has 1 rings (SSSR count). The second kappa shape index (κ2) is 4.23. The van der Waals surface area contributed by atoms with Crippen LogP contribution in [0.3, 0.4) is 0 Å². The minimum atomic E-state index is -4.26. The number of alkyl halides is 3. The first-order valence-corrected chi connectivity index (χ1v) is 4.67. The van der Waals surface area contributed by atoms with Gasteiger partial charge in [-0.1, -0.05) is 23.8 Å². The Balaban J connectivity index is 3.18. The van der Waals surface area contributed by atoms with Crippen molar-refractivity contribution in [2.45, 2.75) is 26.1 Å². The summed E-state index contributed by atoms with van der Waals surface area (Å²) in [5, 5.41) is 2.30. The zero-order chi connectivity index (χ0) is 11.6. The van der Waals surface area contributed by atoms with Gasteiger partial charge in [0.2, 0.25) is 0 Å². The largest absolute Gasteiger partial charge is 0.407 e. The number of hydrogen-bond acceptors (Lipinski definition) is 1. The predicted octanol–water partition coefficient (Wildman–Crippen LogP) is 3.13. The quantitative estimate of drug-likeness (QED) is 0.802. The van der Waals surface area contributed by atoms with Gasteiger partial charge in [-0.3, -0.25) is 0 Å². The lowest BCUT2D eigenvalue weighted by Crippen LogP contribution is -2.32. The summed E-state index contributed by atoms with van der Waals surface area (Å²) >= 11 is 0. The molecule has 1 aromatic rings. The van der Waals surface area contributed by atoms with E-state index in [1.807, 2.05) is 6.07 Å². The molecule has 0 spiro atoms. The third-order valence-corrected chi connectivity index (χ3v) is 2.36. The molecule has 0 aromatic heterocycles. The molecule has 4 heteroatoms. The molecule has 0 saturated heterocycles. The fraction of sp³-hybridized carbons (Fsp3) is 0.455. The second-order valence-corrected chi connectivity index (χ2v) is 3.62. The highest BCUT2D eigenvalue weighted by Crippen LogP contribution is 2.34. The maximum absolute atomic E-state index is 12.7. The van der Waals surface area contributed by atoms with Crippen LogP contribution < -0.4 is 5.32 Å². The van der Waals surface area contributed by atoms with Crippen LogP contribution in [-0.2, 0) is 0 Å². The zero-order valence-electron chi connectivity index (χ0n) is 8.94. The third kappa shape index (κ3) is 2.72. The van der Waals surface area contributed by atoms with E-state index in [1.54, 1.807) is 26.0 Å². The SMILES string of the molecule is CNC(c1cc(C)ccc1C)C(F)(F)F. The standard InChI is InChI=1S/C11H14F3N/c1-7-4-5-8(2)9(6-7)10(15-3)11(12,13)14/h4-6,10,15H,1-3H3. The van der Waals surface area contributed by atoms with Crippen molar-refractivity contribution in [1.29, 1.82) is 0 Å². The van der Waals surface area contributed by atoms with Crippen molar-refractivity contribution in [3.05, 3.63) is 34.9 Å². The molecule has 0 fully saturated rings. The summed E-state index contributed by atoms with van der Waals surface area (Å²) in [6.45, 7) is 3.47. The summed E-state index contributed by atoms with van der Waals surface area (Å²) in [7, 11) is 1.32. The van der Waals surface area contributed by atoms with Gasteiger partial charge in [0.05, 0.1) is 0 Å². The van der Waals surface area contributed by atoms with Gasteiger partial charge in [-0.05, 0) is 32.0 Å². The molecule has 0 aliphatic carbocycles. The van der Waals surface area contributed by atoms with Crippen LogP contribution in [0.4, 0.5) is 13.2 Å². The van der Waals surface area contributed by atoms with Gasteiger partial charge in [0.15, 0.2) is 0 Å². The molecule has 84 valence electrons. The van der Waals surface area contributed by atoms with E-state index >= 15 is 0 Å². The van der Waals surface area contributed by atoms with Crippen molar-refractivity contribution >= 4 is 0 Å². The lowest BCUT2D eigenvalue weighted by Gasteiger charge is -2.22. The van der Waals surface area contributed by atoms with Gasteiger partial charge in [0, 0.05) is 0 Å². The minimum absolute atomic E-state index is 0.296. The van der Waals surface area contributed by atoms with E-state index in [-0.39, 0.29) is 0 Å². The summed E-state index contributed by atoms with van der Waals surface area (Å²) in [5.74, 6) is 0. The molecule has 1 nitrogen and oxygen atoms in total. The van der Waals surface area contributed by atoms with Crippen molar-refractivity contribution in [2.75, 3.05) is 7.05 Å². The molecule has 1 aromatic carbocycles. The highest BCUT2D eigenvalue weighted by atomic mass is 19.4. The van der Waals surface area contributed by atoms with E-state index in [2.05, 4.69) is 5.32 Å². The van der Waals surface area contributed by atoms with E-state index in [0.717, 1.165) is 5.56 Å². The Morgan fingerprint density at radius 3 is 2.27 bits per heavy atom. The molecule has 0 radical (unpaired) electrons. The Morgan fingerprint density at radius 1 is 1.20 bits per heavy atom. The first-order valence-electron chi connectivity index (χ1n) is 4.67. The summed E-state index contributed by atoms with van der Waals surface area (Å²) in [5.41, 5.74) is 1.78. The third-order valence-electron chi connectivity index (χ3n) is 2.36. The van der Waals surface area contributed by atoms with Gasteiger partial charge >= 0.3 is 6.18 Å². The van der Waals surface area contributed by atoms with Crippen molar-refractivity contribution in [1.82, 2.24) is 5.32 Å². The average molecular weight is 217 g/mol. The van der Waals surface area contributed by atoms with Gasteiger partial charge in [-0.25, -0.2) is 0 Å². The molecule has 0 aliphatic heterocycles. The molecule has 0 bridgehead atoms. The first kappa shape index (κ1) is 12.0. The zero-order valence-corrected chi connectivity index (χ0v) is 8.94. The van der Waals surface area contributed by atoms with Gasteiger partial charge in [0.1, 0.15) is 6.04 Å². The highest BCUT2D eigenvalue weighted by Gasteiger charge is 2.40. The fourth-order valence-electron chi connectivity index (χ4n) is 1.57. The molecule has 0 heterocycles. The number of rotatable bonds is 2. The van der Waals surface area contributed by atoms with Crippen LogP contribution in [0.15, 0.2) is 18.2 Å². The van der Waals surface area contributed by atoms with Crippen LogP contribution in [0.1, 0.15) is 22.7 Å². The molecule has 1 N–H and O–H groups in total. The van der Waals surface area contributed by atoms with Gasteiger partial charge in [-0.2, -0.15) is 13.2 Å². The Morgan fingerprint density at radius 2 is 1.80 bits per heavy atom. The maximum Gasteiger partial charge on any atom is 0.407 e. The Labute approximate surface area is 87.3 Å². The molecule has 1 atom stereocenters. The van der Waals surface area contributed by atoms with Crippen molar-refractivity contribution in [3.63, 3.8) is 0 Å². The fourth-order valence-corrected chi connectivity index (χ4v) is 1.57. The molecule has 1 unspecified atom stereocenters. The number of hydrogen-bond donors (Lipinski definition) is 1. The van der Waals surface area contributed by atoms with Crippen molar-refractivity contribution in [2.24, 2.45) is 0 Å². The number of benzene rings is 1. The molecule has 0 aliphatic rings. The predicted molar refractivity (Wildman–Crippen MR) is 53.8 cm³/mol. The van der Waals surface area contributed by atoms with E-state index < -0.39 is 12.2 Å². The molecular formula is C11H14F3N. The smallest absolute Gasteiger partial charge is 0.306 e. The van der Waals surface area contributed by atoms with E-state index in [4.69, 9.17) is 0 Å². The summed E-state index contributed by atoms with van der Waals surface area (Å²) in [4.78, 5) is 0. The normalized spacial score (nSPS) is 14.0. The maximum atomic E-state index is 12.7. The van der Waals surface area contributed by atoms with Crippen LogP contribution in [0.2, 0.25) is 0 Å². The van der Waals surface area contributed by atoms with Crippen molar-refractivity contribution in [3.8, 4) is 0 Å². The van der Waals surface area contributed by atoms with Crippen LogP contribution >= 0.6 is 0 Å². The Hall–Kier alpha value is -1.03. The van der Waals surface area contributed by atoms with E-state index in [9.17, 15) is 13.2 Å². The van der Waals surface area contributed by atoms with Crippen LogP contribution in [-0.4, -0.2) is 13.2 Å². The lowest BCUT2D eigenvalue weighted by molar-refractivity contribution is -0.156. The number of aryl methyl sites for hydroxylation is 2.